The van der Waals surface area contributed by atoms with Gasteiger partial charge in [0.05, 0.1) is 11.8 Å². The summed E-state index contributed by atoms with van der Waals surface area (Å²) in [5.74, 6) is 0. The van der Waals surface area contributed by atoms with Crippen molar-refractivity contribution in [3.63, 3.8) is 0 Å². The first-order valence-electron chi connectivity index (χ1n) is 4.37. The predicted molar refractivity (Wildman–Crippen MR) is 58.6 cm³/mol. The van der Waals surface area contributed by atoms with E-state index in [0.29, 0.717) is 6.61 Å². The maximum Gasteiger partial charge on any atom is 0.122 e. The fourth-order valence-corrected chi connectivity index (χ4v) is 1.39. The number of rotatable bonds is 2. The smallest absolute Gasteiger partial charge is 0.122 e. The van der Waals surface area contributed by atoms with Crippen molar-refractivity contribution in [2.45, 2.75) is 12.5 Å². The second kappa shape index (κ2) is 4.98. The summed E-state index contributed by atoms with van der Waals surface area (Å²) >= 11 is 0. The zero-order valence-corrected chi connectivity index (χ0v) is 8.54. The Bertz CT molecular complexity index is 313. The van der Waals surface area contributed by atoms with E-state index in [9.17, 15) is 0 Å². The van der Waals surface area contributed by atoms with Crippen LogP contribution >= 0.6 is 12.4 Å². The minimum Gasteiger partial charge on any atom is -0.395 e. The number of benzene rings is 1. The Morgan fingerprint density at radius 1 is 1.29 bits per heavy atom. The lowest BCUT2D eigenvalue weighted by Gasteiger charge is -2.09. The molecule has 1 heterocycles. The molecule has 0 fully saturated rings. The number of nitrogens with zero attached hydrogens (tertiary/aromatic N) is 1. The summed E-state index contributed by atoms with van der Waals surface area (Å²) in [6, 6.07) is 9.83. The van der Waals surface area contributed by atoms with Gasteiger partial charge in [-0.25, -0.2) is 0 Å². The number of nitrogens with two attached hydrogens (primary N) is 1. The van der Waals surface area contributed by atoms with E-state index >= 15 is 0 Å². The van der Waals surface area contributed by atoms with Crippen molar-refractivity contribution in [3.05, 3.63) is 35.9 Å². The van der Waals surface area contributed by atoms with Gasteiger partial charge in [0.1, 0.15) is 6.61 Å². The van der Waals surface area contributed by atoms with Crippen molar-refractivity contribution < 1.29 is 4.84 Å². The van der Waals surface area contributed by atoms with Crippen molar-refractivity contribution in [2.24, 2.45) is 10.9 Å². The summed E-state index contributed by atoms with van der Waals surface area (Å²) in [6.07, 6.45) is 0.843. The van der Waals surface area contributed by atoms with Gasteiger partial charge in [-0.2, -0.15) is 0 Å². The van der Waals surface area contributed by atoms with Crippen LogP contribution in [0, 0.1) is 0 Å². The van der Waals surface area contributed by atoms with Gasteiger partial charge in [-0.1, -0.05) is 35.5 Å². The summed E-state index contributed by atoms with van der Waals surface area (Å²) in [4.78, 5) is 4.91. The van der Waals surface area contributed by atoms with Crippen molar-refractivity contribution in [1.29, 1.82) is 0 Å². The van der Waals surface area contributed by atoms with Gasteiger partial charge in [0.15, 0.2) is 0 Å². The summed E-state index contributed by atoms with van der Waals surface area (Å²) < 4.78 is 0. The van der Waals surface area contributed by atoms with Crippen LogP contribution in [0.2, 0.25) is 0 Å². The molecule has 3 nitrogen and oxygen atoms in total. The molecule has 1 atom stereocenters. The number of halogens is 1. The van der Waals surface area contributed by atoms with Crippen molar-refractivity contribution >= 4 is 18.1 Å². The lowest BCUT2D eigenvalue weighted by molar-refractivity contribution is 0.173. The first-order chi connectivity index (χ1) is 6.38. The Labute approximate surface area is 89.3 Å². The molecule has 0 amide bonds. The molecule has 1 aliphatic rings. The van der Waals surface area contributed by atoms with Crippen LogP contribution in [0.15, 0.2) is 35.5 Å². The standard InChI is InChI=1S/C10H12N2O.ClH/c11-10(9-6-7-13-12-9)8-4-2-1-3-5-8;/h1-5,10H,6-7,11H2;1H. The van der Waals surface area contributed by atoms with E-state index in [1.807, 2.05) is 30.3 Å². The molecule has 1 aliphatic heterocycles. The number of hydrogen-bond acceptors (Lipinski definition) is 3. The molecule has 1 aromatic carbocycles. The van der Waals surface area contributed by atoms with Gasteiger partial charge in [-0.15, -0.1) is 12.4 Å². The van der Waals surface area contributed by atoms with Crippen LogP contribution in [-0.2, 0) is 4.84 Å². The summed E-state index contributed by atoms with van der Waals surface area (Å²) in [6.45, 7) is 0.663. The molecule has 0 saturated heterocycles. The van der Waals surface area contributed by atoms with Crippen molar-refractivity contribution in [3.8, 4) is 0 Å². The molecule has 2 N–H and O–H groups in total. The normalized spacial score (nSPS) is 16.5. The van der Waals surface area contributed by atoms with E-state index in [2.05, 4.69) is 5.16 Å². The second-order valence-electron chi connectivity index (χ2n) is 3.05. The van der Waals surface area contributed by atoms with Crippen LogP contribution in [0.4, 0.5) is 0 Å². The van der Waals surface area contributed by atoms with E-state index < -0.39 is 0 Å². The Balaban J connectivity index is 0.000000980. The van der Waals surface area contributed by atoms with Gasteiger partial charge < -0.3 is 10.6 Å². The first-order valence-corrected chi connectivity index (χ1v) is 4.37. The Morgan fingerprint density at radius 3 is 2.57 bits per heavy atom. The van der Waals surface area contributed by atoms with Gasteiger partial charge >= 0.3 is 0 Å². The highest BCUT2D eigenvalue weighted by molar-refractivity contribution is 5.90. The summed E-state index contributed by atoms with van der Waals surface area (Å²) in [5.41, 5.74) is 8.02. The molecule has 14 heavy (non-hydrogen) atoms. The molecular formula is C10H13ClN2O. The van der Waals surface area contributed by atoms with Crippen LogP contribution in [0.25, 0.3) is 0 Å². The largest absolute Gasteiger partial charge is 0.395 e. The lowest BCUT2D eigenvalue weighted by Crippen LogP contribution is -2.19. The van der Waals surface area contributed by atoms with Gasteiger partial charge in [0.2, 0.25) is 0 Å². The maximum atomic E-state index is 5.99. The number of oxime groups is 1. The molecule has 4 heteroatoms. The monoisotopic (exact) mass is 212 g/mol. The predicted octanol–water partition coefficient (Wildman–Crippen LogP) is 1.88. The molecule has 0 radical (unpaired) electrons. The minimum atomic E-state index is -0.108. The SMILES string of the molecule is Cl.NC(C1=NOCC1)c1ccccc1. The average molecular weight is 213 g/mol. The molecule has 76 valence electrons. The molecule has 0 aliphatic carbocycles. The van der Waals surface area contributed by atoms with Gasteiger partial charge in [-0.3, -0.25) is 0 Å². The molecule has 0 saturated carbocycles. The van der Waals surface area contributed by atoms with E-state index in [1.54, 1.807) is 0 Å². The second-order valence-corrected chi connectivity index (χ2v) is 3.05. The molecule has 2 rings (SSSR count). The molecule has 0 spiro atoms. The van der Waals surface area contributed by atoms with Gasteiger partial charge in [0, 0.05) is 6.42 Å². The van der Waals surface area contributed by atoms with Crippen LogP contribution in [-0.4, -0.2) is 12.3 Å². The van der Waals surface area contributed by atoms with E-state index in [1.165, 1.54) is 0 Å². The highest BCUT2D eigenvalue weighted by Crippen LogP contribution is 2.16. The third-order valence-electron chi connectivity index (χ3n) is 2.15. The summed E-state index contributed by atoms with van der Waals surface area (Å²) in [5, 5.41) is 3.90. The highest BCUT2D eigenvalue weighted by Gasteiger charge is 2.17. The molecule has 1 aromatic rings. The van der Waals surface area contributed by atoms with E-state index in [4.69, 9.17) is 10.6 Å². The van der Waals surface area contributed by atoms with Crippen LogP contribution < -0.4 is 5.73 Å². The fraction of sp³-hybridized carbons (Fsp3) is 0.300. The highest BCUT2D eigenvalue weighted by atomic mass is 35.5. The van der Waals surface area contributed by atoms with Crippen LogP contribution in [0.1, 0.15) is 18.0 Å². The third kappa shape index (κ3) is 2.25. The third-order valence-corrected chi connectivity index (χ3v) is 2.15. The summed E-state index contributed by atoms with van der Waals surface area (Å²) in [7, 11) is 0. The Hall–Kier alpha value is -1.06. The topological polar surface area (TPSA) is 47.6 Å². The molecular weight excluding hydrogens is 200 g/mol. The molecule has 1 unspecified atom stereocenters. The Kier molecular flexibility index (Phi) is 3.92. The van der Waals surface area contributed by atoms with E-state index in [-0.39, 0.29) is 18.4 Å². The maximum absolute atomic E-state index is 5.99. The van der Waals surface area contributed by atoms with Crippen LogP contribution in [0.5, 0.6) is 0 Å². The number of hydrogen-bond donors (Lipinski definition) is 1. The van der Waals surface area contributed by atoms with Crippen LogP contribution in [0.3, 0.4) is 0 Å². The molecule has 0 bridgehead atoms. The zero-order valence-electron chi connectivity index (χ0n) is 7.72. The van der Waals surface area contributed by atoms with Crippen molar-refractivity contribution in [2.75, 3.05) is 6.61 Å². The zero-order chi connectivity index (χ0) is 9.10. The lowest BCUT2D eigenvalue weighted by atomic mass is 10.0. The fourth-order valence-electron chi connectivity index (χ4n) is 1.39. The average Bonchev–Trinajstić information content (AvgIpc) is 2.71. The Morgan fingerprint density at radius 2 is 2.00 bits per heavy atom. The van der Waals surface area contributed by atoms with Gasteiger partial charge in [-0.05, 0) is 5.56 Å². The first kappa shape index (κ1) is 11.0. The molecule has 0 aromatic heterocycles. The minimum absolute atomic E-state index is 0. The van der Waals surface area contributed by atoms with Gasteiger partial charge in [0.25, 0.3) is 0 Å². The quantitative estimate of drug-likeness (QED) is 0.814. The van der Waals surface area contributed by atoms with Crippen molar-refractivity contribution in [1.82, 2.24) is 0 Å². The van der Waals surface area contributed by atoms with E-state index in [0.717, 1.165) is 17.7 Å².